The van der Waals surface area contributed by atoms with Crippen LogP contribution in [0.15, 0.2) is 36.4 Å². The summed E-state index contributed by atoms with van der Waals surface area (Å²) in [5, 5.41) is 14.1. The second-order valence-electron chi connectivity index (χ2n) is 8.24. The third-order valence-electron chi connectivity index (χ3n) is 4.87. The average Bonchev–Trinajstić information content (AvgIpc) is 3.36. The summed E-state index contributed by atoms with van der Waals surface area (Å²) in [5.41, 5.74) is 2.03. The molecule has 3 rings (SSSR count). The summed E-state index contributed by atoms with van der Waals surface area (Å²) in [7, 11) is 0. The van der Waals surface area contributed by atoms with Crippen molar-refractivity contribution in [2.24, 2.45) is 0 Å². The molecule has 1 aliphatic carbocycles. The molecule has 6 nitrogen and oxygen atoms in total. The van der Waals surface area contributed by atoms with Gasteiger partial charge in [0.2, 0.25) is 0 Å². The van der Waals surface area contributed by atoms with E-state index in [0.717, 1.165) is 24.1 Å². The standard InChI is InChI=1S/C21H27N3O3/c1-14(20(26)27)23(13-15-8-6-5-7-9-15)19(25)17-12-18(16-10-11-16)24(22-17)21(2,3)4/h5-9,12,14,16H,10-11,13H2,1-4H3,(H,26,27). The second kappa shape index (κ2) is 7.18. The van der Waals surface area contributed by atoms with Gasteiger partial charge in [0.15, 0.2) is 5.69 Å². The van der Waals surface area contributed by atoms with Gasteiger partial charge in [0.05, 0.1) is 5.54 Å². The van der Waals surface area contributed by atoms with Crippen molar-refractivity contribution < 1.29 is 14.7 Å². The minimum absolute atomic E-state index is 0.230. The molecule has 2 aromatic rings. The van der Waals surface area contributed by atoms with Crippen LogP contribution in [0.25, 0.3) is 0 Å². The highest BCUT2D eigenvalue weighted by molar-refractivity contribution is 5.95. The molecule has 1 aromatic carbocycles. The van der Waals surface area contributed by atoms with Crippen LogP contribution in [0.5, 0.6) is 0 Å². The molecule has 27 heavy (non-hydrogen) atoms. The number of rotatable bonds is 6. The maximum atomic E-state index is 13.2. The van der Waals surface area contributed by atoms with E-state index in [1.807, 2.05) is 41.1 Å². The Balaban J connectivity index is 1.95. The lowest BCUT2D eigenvalue weighted by atomic mass is 10.1. The molecule has 1 amide bonds. The van der Waals surface area contributed by atoms with Crippen molar-refractivity contribution in [1.29, 1.82) is 0 Å². The van der Waals surface area contributed by atoms with E-state index in [-0.39, 0.29) is 18.0 Å². The highest BCUT2D eigenvalue weighted by atomic mass is 16.4. The van der Waals surface area contributed by atoms with Gasteiger partial charge in [0, 0.05) is 18.2 Å². The van der Waals surface area contributed by atoms with Crippen molar-refractivity contribution in [3.8, 4) is 0 Å². The van der Waals surface area contributed by atoms with E-state index in [1.165, 1.54) is 11.8 Å². The fourth-order valence-corrected chi connectivity index (χ4v) is 3.15. The summed E-state index contributed by atoms with van der Waals surface area (Å²) >= 11 is 0. The topological polar surface area (TPSA) is 75.4 Å². The van der Waals surface area contributed by atoms with E-state index in [1.54, 1.807) is 0 Å². The third kappa shape index (κ3) is 4.21. The number of carbonyl (C=O) groups excluding carboxylic acids is 1. The van der Waals surface area contributed by atoms with Crippen LogP contribution in [0.1, 0.15) is 68.2 Å². The summed E-state index contributed by atoms with van der Waals surface area (Å²) in [6, 6.07) is 10.3. The molecule has 1 fully saturated rings. The van der Waals surface area contributed by atoms with E-state index in [0.29, 0.717) is 11.6 Å². The number of carboxylic acids is 1. The van der Waals surface area contributed by atoms with Crippen LogP contribution < -0.4 is 0 Å². The zero-order chi connectivity index (χ0) is 19.8. The Hall–Kier alpha value is -2.63. The Bertz CT molecular complexity index is 832. The first-order valence-electron chi connectivity index (χ1n) is 9.36. The van der Waals surface area contributed by atoms with Gasteiger partial charge in [-0.25, -0.2) is 4.79 Å². The number of nitrogens with zero attached hydrogens (tertiary/aromatic N) is 3. The Morgan fingerprint density at radius 3 is 2.41 bits per heavy atom. The lowest BCUT2D eigenvalue weighted by Crippen LogP contribution is -2.43. The summed E-state index contributed by atoms with van der Waals surface area (Å²) in [4.78, 5) is 26.2. The highest BCUT2D eigenvalue weighted by Crippen LogP contribution is 2.41. The number of benzene rings is 1. The van der Waals surface area contributed by atoms with Gasteiger partial charge < -0.3 is 10.0 Å². The Morgan fingerprint density at radius 2 is 1.89 bits per heavy atom. The maximum absolute atomic E-state index is 13.2. The largest absolute Gasteiger partial charge is 0.480 e. The second-order valence-corrected chi connectivity index (χ2v) is 8.24. The lowest BCUT2D eigenvalue weighted by Gasteiger charge is -2.26. The van der Waals surface area contributed by atoms with Gasteiger partial charge in [-0.05, 0) is 52.2 Å². The predicted molar refractivity (Wildman–Crippen MR) is 103 cm³/mol. The Labute approximate surface area is 159 Å². The lowest BCUT2D eigenvalue weighted by molar-refractivity contribution is -0.141. The van der Waals surface area contributed by atoms with Crippen molar-refractivity contribution in [1.82, 2.24) is 14.7 Å². The van der Waals surface area contributed by atoms with Gasteiger partial charge in [-0.15, -0.1) is 0 Å². The van der Waals surface area contributed by atoms with Gasteiger partial charge in [-0.1, -0.05) is 30.3 Å². The van der Waals surface area contributed by atoms with Gasteiger partial charge in [0.25, 0.3) is 5.91 Å². The Kier molecular flexibility index (Phi) is 5.09. The van der Waals surface area contributed by atoms with Crippen molar-refractivity contribution in [3.05, 3.63) is 53.3 Å². The number of hydrogen-bond donors (Lipinski definition) is 1. The maximum Gasteiger partial charge on any atom is 0.326 e. The molecule has 1 N–H and O–H groups in total. The molecule has 1 atom stereocenters. The monoisotopic (exact) mass is 369 g/mol. The zero-order valence-corrected chi connectivity index (χ0v) is 16.3. The number of carboxylic acid groups (broad SMARTS) is 1. The number of aromatic nitrogens is 2. The molecule has 144 valence electrons. The molecule has 0 bridgehead atoms. The molecule has 1 unspecified atom stereocenters. The number of carbonyl (C=O) groups is 2. The van der Waals surface area contributed by atoms with Crippen LogP contribution in [0.2, 0.25) is 0 Å². The molecule has 1 aliphatic rings. The molecule has 0 saturated heterocycles. The third-order valence-corrected chi connectivity index (χ3v) is 4.87. The molecular weight excluding hydrogens is 342 g/mol. The first kappa shape index (κ1) is 19.1. The van der Waals surface area contributed by atoms with Gasteiger partial charge in [0.1, 0.15) is 6.04 Å². The van der Waals surface area contributed by atoms with E-state index >= 15 is 0 Å². The number of hydrogen-bond acceptors (Lipinski definition) is 3. The minimum Gasteiger partial charge on any atom is -0.480 e. The fourth-order valence-electron chi connectivity index (χ4n) is 3.15. The average molecular weight is 369 g/mol. The predicted octanol–water partition coefficient (Wildman–Crippen LogP) is 3.63. The van der Waals surface area contributed by atoms with Gasteiger partial charge >= 0.3 is 5.97 Å². The van der Waals surface area contributed by atoms with E-state index in [2.05, 4.69) is 25.9 Å². The van der Waals surface area contributed by atoms with Crippen LogP contribution in [0.3, 0.4) is 0 Å². The van der Waals surface area contributed by atoms with Crippen LogP contribution in [0.4, 0.5) is 0 Å². The molecule has 1 heterocycles. The van der Waals surface area contributed by atoms with Crippen molar-refractivity contribution in [3.63, 3.8) is 0 Å². The normalized spacial score (nSPS) is 15.4. The van der Waals surface area contributed by atoms with Gasteiger partial charge in [-0.3, -0.25) is 9.48 Å². The van der Waals surface area contributed by atoms with Crippen LogP contribution in [-0.4, -0.2) is 37.7 Å². The smallest absolute Gasteiger partial charge is 0.326 e. The molecule has 1 saturated carbocycles. The van der Waals surface area contributed by atoms with Crippen molar-refractivity contribution >= 4 is 11.9 Å². The highest BCUT2D eigenvalue weighted by Gasteiger charge is 2.35. The summed E-state index contributed by atoms with van der Waals surface area (Å²) < 4.78 is 1.92. The van der Waals surface area contributed by atoms with Crippen LogP contribution in [0, 0.1) is 0 Å². The number of amides is 1. The minimum atomic E-state index is -1.03. The molecule has 1 aromatic heterocycles. The fraction of sp³-hybridized carbons (Fsp3) is 0.476. The molecule has 0 aliphatic heterocycles. The molecule has 0 spiro atoms. The van der Waals surface area contributed by atoms with Gasteiger partial charge in [-0.2, -0.15) is 5.10 Å². The quantitative estimate of drug-likeness (QED) is 0.844. The Morgan fingerprint density at radius 1 is 1.26 bits per heavy atom. The molecule has 0 radical (unpaired) electrons. The van der Waals surface area contributed by atoms with Crippen molar-refractivity contribution in [2.75, 3.05) is 0 Å². The first-order valence-corrected chi connectivity index (χ1v) is 9.36. The zero-order valence-electron chi connectivity index (χ0n) is 16.3. The van der Waals surface area contributed by atoms with E-state index in [9.17, 15) is 14.7 Å². The molecular formula is C21H27N3O3. The van der Waals surface area contributed by atoms with E-state index < -0.39 is 12.0 Å². The molecule has 6 heteroatoms. The summed E-state index contributed by atoms with van der Waals surface area (Å²) in [5.74, 6) is -0.937. The SMILES string of the molecule is CC(C(=O)O)N(Cc1ccccc1)C(=O)c1cc(C2CC2)n(C(C)(C)C)n1. The first-order chi connectivity index (χ1) is 12.7. The number of aliphatic carboxylic acids is 1. The summed E-state index contributed by atoms with van der Waals surface area (Å²) in [6.07, 6.45) is 2.21. The van der Waals surface area contributed by atoms with Crippen molar-refractivity contribution in [2.45, 2.75) is 64.6 Å². The van der Waals surface area contributed by atoms with Crippen LogP contribution >= 0.6 is 0 Å². The van der Waals surface area contributed by atoms with Crippen LogP contribution in [-0.2, 0) is 16.9 Å². The van der Waals surface area contributed by atoms with E-state index in [4.69, 9.17) is 0 Å². The summed E-state index contributed by atoms with van der Waals surface area (Å²) in [6.45, 7) is 7.94.